The summed E-state index contributed by atoms with van der Waals surface area (Å²) in [6, 6.07) is 3.50. The van der Waals surface area contributed by atoms with Gasteiger partial charge < -0.3 is 4.74 Å². The largest absolute Gasteiger partial charge is 0.496 e. The van der Waals surface area contributed by atoms with Crippen LogP contribution in [0.1, 0.15) is 5.56 Å². The van der Waals surface area contributed by atoms with Crippen LogP contribution in [-0.2, 0) is 0 Å². The third-order valence-electron chi connectivity index (χ3n) is 2.10. The molecule has 0 amide bonds. The molecule has 2 aromatic rings. The molecule has 0 aliphatic heterocycles. The van der Waals surface area contributed by atoms with E-state index in [-0.39, 0.29) is 5.82 Å². The van der Waals surface area contributed by atoms with Gasteiger partial charge in [0.05, 0.1) is 7.11 Å². The zero-order valence-corrected chi connectivity index (χ0v) is 8.24. The summed E-state index contributed by atoms with van der Waals surface area (Å²) in [5, 5.41) is 2.93. The molecule has 3 heteroatoms. The Morgan fingerprint density at radius 3 is 2.92 bits per heavy atom. The molecule has 0 saturated carbocycles. The van der Waals surface area contributed by atoms with Crippen LogP contribution >= 0.6 is 11.3 Å². The van der Waals surface area contributed by atoms with E-state index in [1.54, 1.807) is 20.1 Å². The quantitative estimate of drug-likeness (QED) is 0.679. The Morgan fingerprint density at radius 1 is 1.46 bits per heavy atom. The minimum absolute atomic E-state index is 0.202. The summed E-state index contributed by atoms with van der Waals surface area (Å²) in [5.41, 5.74) is 0.577. The summed E-state index contributed by atoms with van der Waals surface area (Å²) >= 11 is 1.52. The SMILES string of the molecule is COc1c(C)c(F)cc2sccc12. The highest BCUT2D eigenvalue weighted by atomic mass is 32.1. The number of ether oxygens (including phenoxy) is 1. The van der Waals surface area contributed by atoms with Gasteiger partial charge >= 0.3 is 0 Å². The van der Waals surface area contributed by atoms with Crippen LogP contribution in [0.15, 0.2) is 17.5 Å². The predicted octanol–water partition coefficient (Wildman–Crippen LogP) is 3.36. The van der Waals surface area contributed by atoms with Crippen molar-refractivity contribution in [2.45, 2.75) is 6.92 Å². The van der Waals surface area contributed by atoms with Crippen molar-refractivity contribution in [2.75, 3.05) is 7.11 Å². The molecule has 0 fully saturated rings. The average molecular weight is 196 g/mol. The van der Waals surface area contributed by atoms with Gasteiger partial charge in [0.1, 0.15) is 11.6 Å². The Bertz CT molecular complexity index is 447. The lowest BCUT2D eigenvalue weighted by Gasteiger charge is -2.06. The number of benzene rings is 1. The van der Waals surface area contributed by atoms with Gasteiger partial charge in [-0.25, -0.2) is 4.39 Å². The lowest BCUT2D eigenvalue weighted by Crippen LogP contribution is -1.90. The smallest absolute Gasteiger partial charge is 0.133 e. The Labute approximate surface area is 79.8 Å². The molecule has 0 N–H and O–H groups in total. The Morgan fingerprint density at radius 2 is 2.23 bits per heavy atom. The summed E-state index contributed by atoms with van der Waals surface area (Å²) in [7, 11) is 1.57. The molecule has 0 spiro atoms. The summed E-state index contributed by atoms with van der Waals surface area (Å²) in [4.78, 5) is 0. The standard InChI is InChI=1S/C10H9FOS/c1-6-8(11)5-9-7(3-4-13-9)10(6)12-2/h3-5H,1-2H3. The van der Waals surface area contributed by atoms with Crippen molar-refractivity contribution in [1.82, 2.24) is 0 Å². The molecule has 1 aromatic heterocycles. The maximum atomic E-state index is 13.3. The van der Waals surface area contributed by atoms with Gasteiger partial charge in [-0.15, -0.1) is 11.3 Å². The fourth-order valence-corrected chi connectivity index (χ4v) is 2.23. The molecule has 0 unspecified atom stereocenters. The third kappa shape index (κ3) is 1.20. The molecule has 0 aliphatic rings. The van der Waals surface area contributed by atoms with Crippen molar-refractivity contribution in [3.63, 3.8) is 0 Å². The van der Waals surface area contributed by atoms with Gasteiger partial charge in [0.15, 0.2) is 0 Å². The van der Waals surface area contributed by atoms with Crippen LogP contribution in [0.5, 0.6) is 5.75 Å². The molecule has 0 saturated heterocycles. The number of hydrogen-bond donors (Lipinski definition) is 0. The van der Waals surface area contributed by atoms with E-state index in [2.05, 4.69) is 0 Å². The first-order valence-corrected chi connectivity index (χ1v) is 4.82. The van der Waals surface area contributed by atoms with Crippen molar-refractivity contribution in [3.05, 3.63) is 28.9 Å². The molecule has 2 rings (SSSR count). The maximum absolute atomic E-state index is 13.3. The van der Waals surface area contributed by atoms with Crippen LogP contribution in [0.4, 0.5) is 4.39 Å². The van der Waals surface area contributed by atoms with Crippen molar-refractivity contribution in [2.24, 2.45) is 0 Å². The van der Waals surface area contributed by atoms with E-state index in [1.807, 2.05) is 11.4 Å². The fraction of sp³-hybridized carbons (Fsp3) is 0.200. The van der Waals surface area contributed by atoms with Crippen molar-refractivity contribution in [1.29, 1.82) is 0 Å². The molecule has 68 valence electrons. The first-order chi connectivity index (χ1) is 6.24. The third-order valence-corrected chi connectivity index (χ3v) is 2.96. The number of halogens is 1. The van der Waals surface area contributed by atoms with Gasteiger partial charge in [-0.05, 0) is 24.4 Å². The van der Waals surface area contributed by atoms with E-state index in [0.717, 1.165) is 10.1 Å². The Balaban J connectivity index is 2.87. The summed E-state index contributed by atoms with van der Waals surface area (Å²) in [6.07, 6.45) is 0. The van der Waals surface area contributed by atoms with Gasteiger partial charge in [-0.2, -0.15) is 0 Å². The topological polar surface area (TPSA) is 9.23 Å². The van der Waals surface area contributed by atoms with Crippen LogP contribution in [0.25, 0.3) is 10.1 Å². The van der Waals surface area contributed by atoms with Crippen LogP contribution in [-0.4, -0.2) is 7.11 Å². The molecule has 0 atom stereocenters. The van der Waals surface area contributed by atoms with E-state index in [1.165, 1.54) is 11.3 Å². The van der Waals surface area contributed by atoms with Crippen LogP contribution < -0.4 is 4.74 Å². The summed E-state index contributed by atoms with van der Waals surface area (Å²) < 4.78 is 19.4. The molecule has 1 heterocycles. The van der Waals surface area contributed by atoms with E-state index < -0.39 is 0 Å². The average Bonchev–Trinajstić information content (AvgIpc) is 2.54. The second-order valence-corrected chi connectivity index (χ2v) is 3.80. The van der Waals surface area contributed by atoms with Gasteiger partial charge in [-0.3, -0.25) is 0 Å². The molecular formula is C10H9FOS. The first kappa shape index (κ1) is 8.51. The normalized spacial score (nSPS) is 10.7. The molecule has 1 nitrogen and oxygen atoms in total. The van der Waals surface area contributed by atoms with E-state index >= 15 is 0 Å². The number of rotatable bonds is 1. The highest BCUT2D eigenvalue weighted by molar-refractivity contribution is 7.17. The van der Waals surface area contributed by atoms with Gasteiger partial charge in [-0.1, -0.05) is 0 Å². The number of thiophene rings is 1. The minimum Gasteiger partial charge on any atom is -0.496 e. The Kier molecular flexibility index (Phi) is 1.96. The van der Waals surface area contributed by atoms with Gasteiger partial charge in [0.2, 0.25) is 0 Å². The monoisotopic (exact) mass is 196 g/mol. The number of fused-ring (bicyclic) bond motifs is 1. The number of hydrogen-bond acceptors (Lipinski definition) is 2. The fourth-order valence-electron chi connectivity index (χ4n) is 1.42. The molecule has 0 aliphatic carbocycles. The number of methoxy groups -OCH3 is 1. The van der Waals surface area contributed by atoms with Crippen LogP contribution in [0.2, 0.25) is 0 Å². The maximum Gasteiger partial charge on any atom is 0.133 e. The van der Waals surface area contributed by atoms with E-state index in [0.29, 0.717) is 11.3 Å². The summed E-state index contributed by atoms with van der Waals surface area (Å²) in [6.45, 7) is 1.73. The first-order valence-electron chi connectivity index (χ1n) is 3.94. The van der Waals surface area contributed by atoms with Crippen molar-refractivity contribution < 1.29 is 9.13 Å². The zero-order chi connectivity index (χ0) is 9.42. The van der Waals surface area contributed by atoms with Crippen molar-refractivity contribution in [3.8, 4) is 5.75 Å². The minimum atomic E-state index is -0.202. The van der Waals surface area contributed by atoms with Gasteiger partial charge in [0.25, 0.3) is 0 Å². The zero-order valence-electron chi connectivity index (χ0n) is 7.43. The predicted molar refractivity (Wildman–Crippen MR) is 53.1 cm³/mol. The highest BCUT2D eigenvalue weighted by Crippen LogP contribution is 2.34. The lowest BCUT2D eigenvalue weighted by molar-refractivity contribution is 0.412. The second kappa shape index (κ2) is 3.00. The molecular weight excluding hydrogens is 187 g/mol. The molecule has 13 heavy (non-hydrogen) atoms. The highest BCUT2D eigenvalue weighted by Gasteiger charge is 2.10. The summed E-state index contributed by atoms with van der Waals surface area (Å²) in [5.74, 6) is 0.447. The second-order valence-electron chi connectivity index (χ2n) is 2.85. The van der Waals surface area contributed by atoms with E-state index in [4.69, 9.17) is 4.74 Å². The van der Waals surface area contributed by atoms with Crippen molar-refractivity contribution >= 4 is 21.4 Å². The van der Waals surface area contributed by atoms with E-state index in [9.17, 15) is 4.39 Å². The van der Waals surface area contributed by atoms with Gasteiger partial charge in [0, 0.05) is 15.6 Å². The molecule has 1 aromatic carbocycles. The van der Waals surface area contributed by atoms with Crippen LogP contribution in [0, 0.1) is 12.7 Å². The van der Waals surface area contributed by atoms with Crippen LogP contribution in [0.3, 0.4) is 0 Å². The molecule has 0 bridgehead atoms. The molecule has 0 radical (unpaired) electrons. The lowest BCUT2D eigenvalue weighted by atomic mass is 10.1. The Hall–Kier alpha value is -1.09.